The lowest BCUT2D eigenvalue weighted by molar-refractivity contribution is 0.0621. The molecule has 92 valence electrons. The average molecular weight is 228 g/mol. The van der Waals surface area contributed by atoms with Gasteiger partial charge in [0.1, 0.15) is 12.2 Å². The van der Waals surface area contributed by atoms with E-state index in [1.807, 2.05) is 27.7 Å². The third-order valence-electron chi connectivity index (χ3n) is 2.31. The number of rotatable bonds is 6. The molecule has 6 nitrogen and oxygen atoms in total. The van der Waals surface area contributed by atoms with Gasteiger partial charge in [0.05, 0.1) is 0 Å². The summed E-state index contributed by atoms with van der Waals surface area (Å²) in [7, 11) is 0. The van der Waals surface area contributed by atoms with Crippen LogP contribution in [0, 0.1) is 0 Å². The third-order valence-corrected chi connectivity index (χ3v) is 2.31. The normalized spacial score (nSPS) is 15.0. The molecule has 2 N–H and O–H groups in total. The SMILES string of the molecule is CCOC(C)c1nnc(C(C)OCC)n1N. The summed E-state index contributed by atoms with van der Waals surface area (Å²) >= 11 is 0. The maximum atomic E-state index is 5.90. The number of aromatic nitrogens is 3. The molecule has 0 radical (unpaired) electrons. The van der Waals surface area contributed by atoms with Crippen LogP contribution in [0.3, 0.4) is 0 Å². The minimum absolute atomic E-state index is 0.162. The van der Waals surface area contributed by atoms with Gasteiger partial charge in [-0.15, -0.1) is 10.2 Å². The van der Waals surface area contributed by atoms with Crippen LogP contribution in [0.2, 0.25) is 0 Å². The number of ether oxygens (including phenoxy) is 2. The van der Waals surface area contributed by atoms with E-state index >= 15 is 0 Å². The van der Waals surface area contributed by atoms with Crippen LogP contribution in [0.5, 0.6) is 0 Å². The summed E-state index contributed by atoms with van der Waals surface area (Å²) in [6.07, 6.45) is -0.324. The molecule has 0 saturated carbocycles. The Labute approximate surface area is 95.7 Å². The van der Waals surface area contributed by atoms with Gasteiger partial charge in [-0.1, -0.05) is 0 Å². The molecule has 1 rings (SSSR count). The summed E-state index contributed by atoms with van der Waals surface area (Å²) in [5.74, 6) is 7.13. The fourth-order valence-corrected chi connectivity index (χ4v) is 1.52. The molecule has 0 bridgehead atoms. The van der Waals surface area contributed by atoms with Gasteiger partial charge in [-0.25, -0.2) is 4.68 Å². The molecule has 0 aromatic carbocycles. The highest BCUT2D eigenvalue weighted by Crippen LogP contribution is 2.18. The first-order valence-electron chi connectivity index (χ1n) is 5.55. The van der Waals surface area contributed by atoms with E-state index in [0.717, 1.165) is 0 Å². The molecule has 2 unspecified atom stereocenters. The molecule has 16 heavy (non-hydrogen) atoms. The van der Waals surface area contributed by atoms with E-state index in [9.17, 15) is 0 Å². The van der Waals surface area contributed by atoms with Crippen LogP contribution in [-0.4, -0.2) is 28.1 Å². The fraction of sp³-hybridized carbons (Fsp3) is 0.800. The van der Waals surface area contributed by atoms with Crippen LogP contribution in [0.15, 0.2) is 0 Å². The van der Waals surface area contributed by atoms with Crippen molar-refractivity contribution in [3.8, 4) is 0 Å². The molecule has 0 amide bonds. The Morgan fingerprint density at radius 1 is 1.06 bits per heavy atom. The molecule has 1 aromatic heterocycles. The summed E-state index contributed by atoms with van der Waals surface area (Å²) in [6.45, 7) is 8.88. The number of nitrogens with two attached hydrogens (primary N) is 1. The molecule has 1 aromatic rings. The lowest BCUT2D eigenvalue weighted by atomic mass is 10.3. The first kappa shape index (κ1) is 12.9. The molecule has 0 aliphatic carbocycles. The van der Waals surface area contributed by atoms with E-state index in [1.54, 1.807) is 0 Å². The monoisotopic (exact) mass is 228 g/mol. The predicted molar refractivity (Wildman–Crippen MR) is 60.3 cm³/mol. The van der Waals surface area contributed by atoms with Gasteiger partial charge < -0.3 is 15.3 Å². The minimum Gasteiger partial charge on any atom is -0.371 e. The second-order valence-corrected chi connectivity index (χ2v) is 3.48. The highest BCUT2D eigenvalue weighted by atomic mass is 16.5. The van der Waals surface area contributed by atoms with Gasteiger partial charge in [-0.2, -0.15) is 0 Å². The third kappa shape index (κ3) is 2.70. The van der Waals surface area contributed by atoms with E-state index < -0.39 is 0 Å². The highest BCUT2D eigenvalue weighted by Gasteiger charge is 2.20. The van der Waals surface area contributed by atoms with E-state index in [0.29, 0.717) is 24.9 Å². The van der Waals surface area contributed by atoms with Crippen molar-refractivity contribution in [3.63, 3.8) is 0 Å². The van der Waals surface area contributed by atoms with Crippen molar-refractivity contribution < 1.29 is 9.47 Å². The first-order valence-corrected chi connectivity index (χ1v) is 5.55. The zero-order valence-electron chi connectivity index (χ0n) is 10.3. The number of nitrogens with zero attached hydrogens (tertiary/aromatic N) is 3. The maximum absolute atomic E-state index is 5.90. The van der Waals surface area contributed by atoms with E-state index in [2.05, 4.69) is 10.2 Å². The van der Waals surface area contributed by atoms with Gasteiger partial charge in [0.15, 0.2) is 11.6 Å². The zero-order valence-corrected chi connectivity index (χ0v) is 10.3. The second-order valence-electron chi connectivity index (χ2n) is 3.48. The van der Waals surface area contributed by atoms with Crippen molar-refractivity contribution in [3.05, 3.63) is 11.6 Å². The van der Waals surface area contributed by atoms with E-state index in [1.165, 1.54) is 4.68 Å². The Balaban J connectivity index is 2.83. The average Bonchev–Trinajstić information content (AvgIpc) is 2.61. The van der Waals surface area contributed by atoms with Crippen LogP contribution in [0.4, 0.5) is 0 Å². The Morgan fingerprint density at radius 2 is 1.44 bits per heavy atom. The summed E-state index contributed by atoms with van der Waals surface area (Å²) in [6, 6.07) is 0. The summed E-state index contributed by atoms with van der Waals surface area (Å²) in [5, 5.41) is 8.04. The van der Waals surface area contributed by atoms with Gasteiger partial charge in [0.25, 0.3) is 0 Å². The summed E-state index contributed by atoms with van der Waals surface area (Å²) in [4.78, 5) is 0. The second kappa shape index (κ2) is 5.81. The molecule has 0 spiro atoms. The lowest BCUT2D eigenvalue weighted by Gasteiger charge is -2.13. The summed E-state index contributed by atoms with van der Waals surface area (Å²) < 4.78 is 12.3. The van der Waals surface area contributed by atoms with Crippen LogP contribution >= 0.6 is 0 Å². The van der Waals surface area contributed by atoms with Crippen molar-refractivity contribution in [2.24, 2.45) is 0 Å². The summed E-state index contributed by atoms with van der Waals surface area (Å²) in [5.41, 5.74) is 0. The topological polar surface area (TPSA) is 75.2 Å². The largest absolute Gasteiger partial charge is 0.371 e. The van der Waals surface area contributed by atoms with Crippen molar-refractivity contribution >= 4 is 0 Å². The zero-order chi connectivity index (χ0) is 12.1. The minimum atomic E-state index is -0.162. The van der Waals surface area contributed by atoms with Gasteiger partial charge in [-0.05, 0) is 27.7 Å². The van der Waals surface area contributed by atoms with Crippen molar-refractivity contribution in [1.82, 2.24) is 14.9 Å². The maximum Gasteiger partial charge on any atom is 0.180 e. The van der Waals surface area contributed by atoms with Crippen LogP contribution in [-0.2, 0) is 9.47 Å². The predicted octanol–water partition coefficient (Wildman–Crippen LogP) is 1.19. The van der Waals surface area contributed by atoms with Crippen LogP contribution in [0.1, 0.15) is 51.6 Å². The number of nitrogen functional groups attached to an aromatic ring is 1. The Kier molecular flexibility index (Phi) is 4.70. The first-order chi connectivity index (χ1) is 7.61. The molecule has 1 heterocycles. The quantitative estimate of drug-likeness (QED) is 0.740. The van der Waals surface area contributed by atoms with E-state index in [4.69, 9.17) is 15.3 Å². The van der Waals surface area contributed by atoms with Gasteiger partial charge in [0, 0.05) is 13.2 Å². The Hall–Kier alpha value is -1.14. The molecular weight excluding hydrogens is 208 g/mol. The Bertz CT molecular complexity index is 297. The molecule has 0 saturated heterocycles. The molecular formula is C10H20N4O2. The van der Waals surface area contributed by atoms with Crippen LogP contribution in [0.25, 0.3) is 0 Å². The molecule has 2 atom stereocenters. The van der Waals surface area contributed by atoms with Gasteiger partial charge in [-0.3, -0.25) is 0 Å². The molecule has 0 aliphatic rings. The van der Waals surface area contributed by atoms with Crippen LogP contribution < -0.4 is 5.84 Å². The highest BCUT2D eigenvalue weighted by molar-refractivity contribution is 5.00. The fourth-order valence-electron chi connectivity index (χ4n) is 1.52. The van der Waals surface area contributed by atoms with Crippen molar-refractivity contribution in [2.45, 2.75) is 39.9 Å². The smallest absolute Gasteiger partial charge is 0.180 e. The molecule has 6 heteroatoms. The number of hydrogen-bond acceptors (Lipinski definition) is 5. The standard InChI is InChI=1S/C10H20N4O2/c1-5-15-7(3)9-12-13-10(14(9)11)8(4)16-6-2/h7-8H,5-6,11H2,1-4H3. The van der Waals surface area contributed by atoms with Gasteiger partial charge >= 0.3 is 0 Å². The van der Waals surface area contributed by atoms with Crippen molar-refractivity contribution in [2.75, 3.05) is 19.1 Å². The Morgan fingerprint density at radius 3 is 1.75 bits per heavy atom. The lowest BCUT2D eigenvalue weighted by Crippen LogP contribution is -2.21. The molecule has 0 fully saturated rings. The van der Waals surface area contributed by atoms with Crippen molar-refractivity contribution in [1.29, 1.82) is 0 Å². The number of hydrogen-bond donors (Lipinski definition) is 1. The van der Waals surface area contributed by atoms with Gasteiger partial charge in [0.2, 0.25) is 0 Å². The van der Waals surface area contributed by atoms with E-state index in [-0.39, 0.29) is 12.2 Å². The molecule has 0 aliphatic heterocycles.